The minimum Gasteiger partial charge on any atom is -0.492 e. The van der Waals surface area contributed by atoms with Crippen LogP contribution in [0.2, 0.25) is 5.02 Å². The number of rotatable bonds is 9. The van der Waals surface area contributed by atoms with E-state index in [1.165, 1.54) is 0 Å². The summed E-state index contributed by atoms with van der Waals surface area (Å²) in [5.74, 6) is 0.910. The van der Waals surface area contributed by atoms with Gasteiger partial charge in [0.2, 0.25) is 5.91 Å². The Hall–Kier alpha value is -3.15. The van der Waals surface area contributed by atoms with E-state index in [0.717, 1.165) is 55.0 Å². The number of carbonyl (C=O) groups is 1. The molecule has 1 aromatic heterocycles. The molecule has 1 unspecified atom stereocenters. The van der Waals surface area contributed by atoms with Crippen LogP contribution < -0.4 is 10.1 Å². The Morgan fingerprint density at radius 2 is 1.85 bits per heavy atom. The van der Waals surface area contributed by atoms with E-state index in [1.54, 1.807) is 6.20 Å². The van der Waals surface area contributed by atoms with Crippen molar-refractivity contribution in [1.29, 1.82) is 0 Å². The second-order valence-electron chi connectivity index (χ2n) is 8.45. The number of nitrogens with zero attached hydrogens (tertiary/aromatic N) is 2. The van der Waals surface area contributed by atoms with Crippen molar-refractivity contribution in [3.05, 3.63) is 101 Å². The van der Waals surface area contributed by atoms with Gasteiger partial charge >= 0.3 is 0 Å². The summed E-state index contributed by atoms with van der Waals surface area (Å²) in [4.78, 5) is 20.0. The quantitative estimate of drug-likeness (QED) is 0.451. The van der Waals surface area contributed by atoms with E-state index >= 15 is 0 Å². The Morgan fingerprint density at radius 1 is 1.12 bits per heavy atom. The van der Waals surface area contributed by atoms with Crippen LogP contribution in [0.1, 0.15) is 35.7 Å². The molecule has 2 aromatic carbocycles. The third-order valence-corrected chi connectivity index (χ3v) is 6.49. The Bertz CT molecular complexity index is 1080. The van der Waals surface area contributed by atoms with Crippen LogP contribution in [0, 0.1) is 5.92 Å². The number of nitrogens with one attached hydrogen (secondary N) is 1. The maximum absolute atomic E-state index is 13.2. The highest BCUT2D eigenvalue weighted by molar-refractivity contribution is 6.30. The average Bonchev–Trinajstić information content (AvgIpc) is 2.89. The Kier molecular flexibility index (Phi) is 8.34. The fraction of sp³-hybridized carbons (Fsp3) is 0.286. The van der Waals surface area contributed by atoms with Crippen molar-refractivity contribution in [2.75, 3.05) is 26.2 Å². The van der Waals surface area contributed by atoms with Gasteiger partial charge in [0.1, 0.15) is 12.4 Å². The van der Waals surface area contributed by atoms with Crippen LogP contribution in [0.3, 0.4) is 0 Å². The molecule has 4 rings (SSSR count). The number of piperidine rings is 1. The van der Waals surface area contributed by atoms with Gasteiger partial charge in [-0.1, -0.05) is 60.7 Å². The summed E-state index contributed by atoms with van der Waals surface area (Å²) in [5.41, 5.74) is 2.78. The van der Waals surface area contributed by atoms with Crippen LogP contribution in [0.25, 0.3) is 6.08 Å². The number of amides is 1. The largest absolute Gasteiger partial charge is 0.492 e. The standard InChI is InChI=1S/C28H30ClN3O2/c1-2-21-7-3-4-9-26(21)34-20-19-32-17-14-23(15-18-32)28(33)31-27(25-8-5-6-16-30-25)22-10-12-24(29)13-11-22/h2-13,16,23,27H,1,14-15,17-20H2,(H,31,33). The Balaban J connectivity index is 1.30. The molecule has 2 heterocycles. The van der Waals surface area contributed by atoms with E-state index in [-0.39, 0.29) is 17.9 Å². The number of carbonyl (C=O) groups excluding carboxylic acids is 1. The molecular formula is C28H30ClN3O2. The van der Waals surface area contributed by atoms with Crippen molar-refractivity contribution >= 4 is 23.6 Å². The maximum atomic E-state index is 13.2. The summed E-state index contributed by atoms with van der Waals surface area (Å²) in [6.07, 6.45) is 5.20. The van der Waals surface area contributed by atoms with Crippen molar-refractivity contribution in [2.24, 2.45) is 5.92 Å². The van der Waals surface area contributed by atoms with Gasteiger partial charge < -0.3 is 10.1 Å². The molecule has 1 fully saturated rings. The van der Waals surface area contributed by atoms with E-state index in [2.05, 4.69) is 21.8 Å². The van der Waals surface area contributed by atoms with Crippen molar-refractivity contribution in [3.8, 4) is 5.75 Å². The van der Waals surface area contributed by atoms with Crippen LogP contribution in [0.5, 0.6) is 5.75 Å². The summed E-state index contributed by atoms with van der Waals surface area (Å²) in [6.45, 7) is 7.03. The zero-order valence-corrected chi connectivity index (χ0v) is 20.0. The molecular weight excluding hydrogens is 446 g/mol. The maximum Gasteiger partial charge on any atom is 0.224 e. The van der Waals surface area contributed by atoms with Crippen LogP contribution in [-0.4, -0.2) is 42.0 Å². The summed E-state index contributed by atoms with van der Waals surface area (Å²) in [5, 5.41) is 3.90. The smallest absolute Gasteiger partial charge is 0.224 e. The normalized spacial score (nSPS) is 15.4. The zero-order chi connectivity index (χ0) is 23.8. The third-order valence-electron chi connectivity index (χ3n) is 6.24. The molecule has 0 spiro atoms. The lowest BCUT2D eigenvalue weighted by Crippen LogP contribution is -2.43. The van der Waals surface area contributed by atoms with Crippen LogP contribution >= 0.6 is 11.6 Å². The lowest BCUT2D eigenvalue weighted by Gasteiger charge is -2.32. The number of pyridine rings is 1. The molecule has 1 saturated heterocycles. The summed E-state index contributed by atoms with van der Waals surface area (Å²) < 4.78 is 5.96. The van der Waals surface area contributed by atoms with Gasteiger partial charge in [-0.05, 0) is 61.8 Å². The molecule has 1 N–H and O–H groups in total. The van der Waals surface area contributed by atoms with Crippen molar-refractivity contribution in [3.63, 3.8) is 0 Å². The second kappa shape index (κ2) is 11.8. The predicted molar refractivity (Wildman–Crippen MR) is 137 cm³/mol. The van der Waals surface area contributed by atoms with Crippen molar-refractivity contribution < 1.29 is 9.53 Å². The van der Waals surface area contributed by atoms with E-state index in [0.29, 0.717) is 11.6 Å². The monoisotopic (exact) mass is 475 g/mol. The summed E-state index contributed by atoms with van der Waals surface area (Å²) in [7, 11) is 0. The average molecular weight is 476 g/mol. The van der Waals surface area contributed by atoms with Gasteiger partial charge in [-0.25, -0.2) is 0 Å². The van der Waals surface area contributed by atoms with Gasteiger partial charge in [0.05, 0.1) is 11.7 Å². The third kappa shape index (κ3) is 6.25. The van der Waals surface area contributed by atoms with E-state index < -0.39 is 0 Å². The molecule has 1 atom stereocenters. The summed E-state index contributed by atoms with van der Waals surface area (Å²) >= 11 is 6.07. The molecule has 0 bridgehead atoms. The molecule has 1 amide bonds. The molecule has 34 heavy (non-hydrogen) atoms. The first-order valence-electron chi connectivity index (χ1n) is 11.7. The van der Waals surface area contributed by atoms with Crippen molar-refractivity contribution in [2.45, 2.75) is 18.9 Å². The number of para-hydroxylation sites is 1. The fourth-order valence-corrected chi connectivity index (χ4v) is 4.40. The summed E-state index contributed by atoms with van der Waals surface area (Å²) in [6, 6.07) is 20.9. The highest BCUT2D eigenvalue weighted by Gasteiger charge is 2.27. The van der Waals surface area contributed by atoms with Crippen LogP contribution in [-0.2, 0) is 4.79 Å². The molecule has 0 aliphatic carbocycles. The fourth-order valence-electron chi connectivity index (χ4n) is 4.27. The van der Waals surface area contributed by atoms with Crippen molar-refractivity contribution in [1.82, 2.24) is 15.2 Å². The predicted octanol–water partition coefficient (Wildman–Crippen LogP) is 5.37. The van der Waals surface area contributed by atoms with Gasteiger partial charge in [-0.3, -0.25) is 14.7 Å². The number of hydrogen-bond donors (Lipinski definition) is 1. The molecule has 5 nitrogen and oxygen atoms in total. The number of halogens is 1. The highest BCUT2D eigenvalue weighted by atomic mass is 35.5. The Labute approximate surface area is 206 Å². The van der Waals surface area contributed by atoms with Crippen LogP contribution in [0.4, 0.5) is 0 Å². The minimum atomic E-state index is -0.303. The number of aromatic nitrogens is 1. The molecule has 6 heteroatoms. The van der Waals surface area contributed by atoms with Gasteiger partial charge in [0.25, 0.3) is 0 Å². The molecule has 1 aliphatic rings. The molecule has 0 saturated carbocycles. The number of benzene rings is 2. The topological polar surface area (TPSA) is 54.5 Å². The van der Waals surface area contributed by atoms with Gasteiger partial charge in [-0.15, -0.1) is 0 Å². The van der Waals surface area contributed by atoms with E-state index in [9.17, 15) is 4.79 Å². The molecule has 176 valence electrons. The van der Waals surface area contributed by atoms with E-state index in [4.69, 9.17) is 16.3 Å². The number of hydrogen-bond acceptors (Lipinski definition) is 4. The Morgan fingerprint density at radius 3 is 2.56 bits per heavy atom. The molecule has 1 aliphatic heterocycles. The van der Waals surface area contributed by atoms with E-state index in [1.807, 2.05) is 72.8 Å². The second-order valence-corrected chi connectivity index (χ2v) is 8.89. The highest BCUT2D eigenvalue weighted by Crippen LogP contribution is 2.25. The first kappa shape index (κ1) is 24.0. The lowest BCUT2D eigenvalue weighted by atomic mass is 9.94. The lowest BCUT2D eigenvalue weighted by molar-refractivity contribution is -0.127. The first-order chi connectivity index (χ1) is 16.6. The van der Waals surface area contributed by atoms with Gasteiger partial charge in [0, 0.05) is 29.2 Å². The first-order valence-corrected chi connectivity index (χ1v) is 12.0. The number of ether oxygens (including phenoxy) is 1. The van der Waals surface area contributed by atoms with Gasteiger partial charge in [-0.2, -0.15) is 0 Å². The molecule has 0 radical (unpaired) electrons. The zero-order valence-electron chi connectivity index (χ0n) is 19.2. The number of likely N-dealkylation sites (tertiary alicyclic amines) is 1. The molecule has 3 aromatic rings. The SMILES string of the molecule is C=Cc1ccccc1OCCN1CCC(C(=O)NC(c2ccc(Cl)cc2)c2ccccn2)CC1. The minimum absolute atomic E-state index is 0.0165. The van der Waals surface area contributed by atoms with Gasteiger partial charge in [0.15, 0.2) is 0 Å². The van der Waals surface area contributed by atoms with Crippen LogP contribution in [0.15, 0.2) is 79.5 Å².